The van der Waals surface area contributed by atoms with Gasteiger partial charge in [0.05, 0.1) is 6.04 Å². The Labute approximate surface area is 161 Å². The van der Waals surface area contributed by atoms with Crippen LogP contribution in [0.4, 0.5) is 4.79 Å². The number of likely N-dealkylation sites (tertiary alicyclic amines) is 2. The first-order valence-electron chi connectivity index (χ1n) is 9.71. The van der Waals surface area contributed by atoms with E-state index in [1.165, 1.54) is 12.7 Å². The summed E-state index contributed by atoms with van der Waals surface area (Å²) in [4.78, 5) is 27.8. The first-order valence-corrected chi connectivity index (χ1v) is 9.71. The number of nitrogens with one attached hydrogen (secondary N) is 2. The number of ether oxygens (including phenoxy) is 1. The lowest BCUT2D eigenvalue weighted by Crippen LogP contribution is -2.63. The highest BCUT2D eigenvalue weighted by Gasteiger charge is 2.32. The first-order chi connectivity index (χ1) is 13.1. The molecule has 0 spiro atoms. The van der Waals surface area contributed by atoms with Gasteiger partial charge in [-0.3, -0.25) is 4.79 Å². The summed E-state index contributed by atoms with van der Waals surface area (Å²) in [5, 5.41) is 5.88. The van der Waals surface area contributed by atoms with Crippen LogP contribution in [0.2, 0.25) is 0 Å². The zero-order valence-corrected chi connectivity index (χ0v) is 16.0. The number of nitrogens with zero attached hydrogens (tertiary/aromatic N) is 2. The molecular weight excluding hydrogens is 344 g/mol. The number of amides is 3. The van der Waals surface area contributed by atoms with Crippen LogP contribution in [0, 0.1) is 5.92 Å². The Bertz CT molecular complexity index is 619. The number of benzene rings is 1. The molecule has 2 aliphatic heterocycles. The molecule has 2 fully saturated rings. The quantitative estimate of drug-likeness (QED) is 0.703. The highest BCUT2D eigenvalue weighted by Crippen LogP contribution is 2.16. The van der Waals surface area contributed by atoms with Crippen molar-refractivity contribution in [1.29, 1.82) is 0 Å². The maximum Gasteiger partial charge on any atom is 0.317 e. The average Bonchev–Trinajstić information content (AvgIpc) is 3.10. The van der Waals surface area contributed by atoms with Gasteiger partial charge in [0.15, 0.2) is 0 Å². The van der Waals surface area contributed by atoms with Gasteiger partial charge in [0, 0.05) is 39.8 Å². The van der Waals surface area contributed by atoms with Crippen LogP contribution >= 0.6 is 0 Å². The molecule has 0 bridgehead atoms. The summed E-state index contributed by atoms with van der Waals surface area (Å²) in [5.41, 5.74) is 1.37. The normalized spacial score (nSPS) is 20.3. The zero-order valence-electron chi connectivity index (χ0n) is 16.0. The topological polar surface area (TPSA) is 73.9 Å². The number of urea groups is 1. The van der Waals surface area contributed by atoms with E-state index < -0.39 is 0 Å². The molecule has 148 valence electrons. The van der Waals surface area contributed by atoms with Crippen molar-refractivity contribution in [2.24, 2.45) is 5.92 Å². The van der Waals surface area contributed by atoms with Crippen molar-refractivity contribution < 1.29 is 14.3 Å². The van der Waals surface area contributed by atoms with Gasteiger partial charge in [0.2, 0.25) is 5.91 Å². The van der Waals surface area contributed by atoms with Crippen LogP contribution in [0.1, 0.15) is 12.0 Å². The molecule has 0 saturated carbocycles. The van der Waals surface area contributed by atoms with Crippen LogP contribution in [-0.2, 0) is 16.0 Å². The van der Waals surface area contributed by atoms with Crippen molar-refractivity contribution >= 4 is 11.9 Å². The molecule has 0 radical (unpaired) electrons. The van der Waals surface area contributed by atoms with E-state index in [2.05, 4.69) is 39.8 Å². The zero-order chi connectivity index (χ0) is 19.1. The highest BCUT2D eigenvalue weighted by atomic mass is 16.5. The fourth-order valence-corrected chi connectivity index (χ4v) is 3.69. The Morgan fingerprint density at radius 2 is 1.96 bits per heavy atom. The van der Waals surface area contributed by atoms with Crippen molar-refractivity contribution in [2.45, 2.75) is 18.9 Å². The smallest absolute Gasteiger partial charge is 0.317 e. The summed E-state index contributed by atoms with van der Waals surface area (Å²) in [6.07, 6.45) is 2.20. The third-order valence-corrected chi connectivity index (χ3v) is 5.28. The van der Waals surface area contributed by atoms with Gasteiger partial charge in [-0.05, 0) is 30.9 Å². The number of hydrogen-bond donors (Lipinski definition) is 2. The lowest BCUT2D eigenvalue weighted by molar-refractivity contribution is -0.126. The van der Waals surface area contributed by atoms with Crippen LogP contribution in [0.3, 0.4) is 0 Å². The molecule has 27 heavy (non-hydrogen) atoms. The Balaban J connectivity index is 1.27. The van der Waals surface area contributed by atoms with Gasteiger partial charge < -0.3 is 25.2 Å². The summed E-state index contributed by atoms with van der Waals surface area (Å²) < 4.78 is 4.79. The summed E-state index contributed by atoms with van der Waals surface area (Å²) in [6.45, 7) is 5.13. The SMILES string of the molecule is COCC(=O)NC1CN(C(=O)NCC2CCN(CCc3ccccc3)C2)C1. The standard InChI is InChI=1S/C20H30N4O3/c1-27-15-19(25)22-18-13-24(14-18)20(26)21-11-17-8-10-23(12-17)9-7-16-5-3-2-4-6-16/h2-6,17-18H,7-15H2,1H3,(H,21,26)(H,22,25). The summed E-state index contributed by atoms with van der Waals surface area (Å²) in [5.74, 6) is 0.382. The average molecular weight is 374 g/mol. The molecular formula is C20H30N4O3. The highest BCUT2D eigenvalue weighted by molar-refractivity contribution is 5.79. The van der Waals surface area contributed by atoms with Crippen molar-refractivity contribution in [3.63, 3.8) is 0 Å². The van der Waals surface area contributed by atoms with Crippen molar-refractivity contribution in [3.05, 3.63) is 35.9 Å². The molecule has 1 aromatic carbocycles. The fraction of sp³-hybridized carbons (Fsp3) is 0.600. The number of hydrogen-bond acceptors (Lipinski definition) is 4. The third kappa shape index (κ3) is 5.94. The van der Waals surface area contributed by atoms with E-state index in [0.717, 1.165) is 39.0 Å². The molecule has 3 amide bonds. The minimum atomic E-state index is -0.135. The van der Waals surface area contributed by atoms with Gasteiger partial charge >= 0.3 is 6.03 Å². The molecule has 7 nitrogen and oxygen atoms in total. The van der Waals surface area contributed by atoms with E-state index in [4.69, 9.17) is 4.74 Å². The molecule has 2 aliphatic rings. The lowest BCUT2D eigenvalue weighted by Gasteiger charge is -2.39. The van der Waals surface area contributed by atoms with Crippen LogP contribution in [0.5, 0.6) is 0 Å². The van der Waals surface area contributed by atoms with Gasteiger partial charge in [0.25, 0.3) is 0 Å². The largest absolute Gasteiger partial charge is 0.375 e. The van der Waals surface area contributed by atoms with Gasteiger partial charge in [-0.15, -0.1) is 0 Å². The molecule has 3 rings (SSSR count). The minimum Gasteiger partial charge on any atom is -0.375 e. The summed E-state index contributed by atoms with van der Waals surface area (Å²) >= 11 is 0. The van der Waals surface area contributed by atoms with Crippen LogP contribution in [0.25, 0.3) is 0 Å². The lowest BCUT2D eigenvalue weighted by atomic mass is 10.1. The van der Waals surface area contributed by atoms with E-state index in [9.17, 15) is 9.59 Å². The number of carbonyl (C=O) groups is 2. The van der Waals surface area contributed by atoms with Gasteiger partial charge in [-0.25, -0.2) is 4.79 Å². The van der Waals surface area contributed by atoms with Crippen molar-refractivity contribution in [1.82, 2.24) is 20.4 Å². The van der Waals surface area contributed by atoms with E-state index >= 15 is 0 Å². The molecule has 2 saturated heterocycles. The third-order valence-electron chi connectivity index (χ3n) is 5.28. The van der Waals surface area contributed by atoms with Gasteiger partial charge in [-0.1, -0.05) is 30.3 Å². The van der Waals surface area contributed by atoms with Crippen LogP contribution in [0.15, 0.2) is 30.3 Å². The maximum atomic E-state index is 12.2. The van der Waals surface area contributed by atoms with Crippen molar-refractivity contribution in [3.8, 4) is 0 Å². The monoisotopic (exact) mass is 374 g/mol. The molecule has 1 atom stereocenters. The second kappa shape index (κ2) is 9.71. The Kier molecular flexibility index (Phi) is 7.06. The molecule has 2 heterocycles. The number of methoxy groups -OCH3 is 1. The second-order valence-electron chi connectivity index (χ2n) is 7.48. The number of carbonyl (C=O) groups excluding carboxylic acids is 2. The van der Waals surface area contributed by atoms with Crippen LogP contribution in [-0.4, -0.2) is 80.8 Å². The van der Waals surface area contributed by atoms with E-state index in [-0.39, 0.29) is 24.6 Å². The summed E-state index contributed by atoms with van der Waals surface area (Å²) in [7, 11) is 1.49. The Hall–Kier alpha value is -2.12. The Morgan fingerprint density at radius 3 is 2.70 bits per heavy atom. The molecule has 1 aromatic rings. The van der Waals surface area contributed by atoms with E-state index in [1.54, 1.807) is 4.90 Å². The van der Waals surface area contributed by atoms with Crippen molar-refractivity contribution in [2.75, 3.05) is 53.0 Å². The predicted octanol–water partition coefficient (Wildman–Crippen LogP) is 0.707. The van der Waals surface area contributed by atoms with Gasteiger partial charge in [0.1, 0.15) is 6.61 Å². The summed E-state index contributed by atoms with van der Waals surface area (Å²) in [6, 6.07) is 10.6. The van der Waals surface area contributed by atoms with Gasteiger partial charge in [-0.2, -0.15) is 0 Å². The Morgan fingerprint density at radius 1 is 1.19 bits per heavy atom. The molecule has 1 unspecified atom stereocenters. The van der Waals surface area contributed by atoms with Crippen LogP contribution < -0.4 is 10.6 Å². The maximum absolute atomic E-state index is 12.2. The number of rotatable bonds is 8. The van der Waals surface area contributed by atoms with E-state index in [1.807, 2.05) is 6.07 Å². The molecule has 2 N–H and O–H groups in total. The molecule has 0 aromatic heterocycles. The van der Waals surface area contributed by atoms with E-state index in [0.29, 0.717) is 19.0 Å². The predicted molar refractivity (Wildman–Crippen MR) is 103 cm³/mol. The first kappa shape index (κ1) is 19.6. The minimum absolute atomic E-state index is 0.0324. The molecule has 7 heteroatoms. The second-order valence-corrected chi connectivity index (χ2v) is 7.48. The molecule has 0 aliphatic carbocycles. The fourth-order valence-electron chi connectivity index (χ4n) is 3.69.